The Bertz CT molecular complexity index is 1060. The predicted molar refractivity (Wildman–Crippen MR) is 113 cm³/mol. The number of anilines is 3. The van der Waals surface area contributed by atoms with Gasteiger partial charge in [-0.2, -0.15) is 0 Å². The zero-order chi connectivity index (χ0) is 21.1. The number of rotatable bonds is 7. The van der Waals surface area contributed by atoms with Crippen LogP contribution in [0.5, 0.6) is 0 Å². The molecule has 0 saturated carbocycles. The number of carbonyl (C=O) groups is 1. The second-order valence-electron chi connectivity index (χ2n) is 6.91. The highest BCUT2D eigenvalue weighted by molar-refractivity contribution is 6.61. The molecule has 1 aliphatic rings. The van der Waals surface area contributed by atoms with Crippen LogP contribution in [0.15, 0.2) is 60.8 Å². The van der Waals surface area contributed by atoms with Gasteiger partial charge < -0.3 is 30.5 Å². The van der Waals surface area contributed by atoms with E-state index in [1.807, 2.05) is 36.4 Å². The second-order valence-corrected chi connectivity index (χ2v) is 6.91. The summed E-state index contributed by atoms with van der Waals surface area (Å²) < 4.78 is 5.20. The fourth-order valence-electron chi connectivity index (χ4n) is 3.38. The van der Waals surface area contributed by atoms with Crippen LogP contribution in [0.25, 0.3) is 0 Å². The van der Waals surface area contributed by atoms with E-state index in [9.17, 15) is 20.0 Å². The number of carboxylic acid groups (broad SMARTS) is 1. The van der Waals surface area contributed by atoms with Gasteiger partial charge >= 0.3 is 13.1 Å². The van der Waals surface area contributed by atoms with Crippen LogP contribution in [-0.4, -0.2) is 39.9 Å². The number of nitrogens with one attached hydrogen (secondary N) is 2. The standard InChI is InChI=1S/C21H20BN3O5/c26-11-19(13-4-2-1-3-5-13)25-18-9-20(23-10-16(18)21(27)28)24-15-6-7-17-14(8-15)12-30-22(17)29/h1-10,19,26,29H,11-12H2,(H,27,28)(H2,23,24,25)/t19-/m1/s1. The third-order valence-corrected chi connectivity index (χ3v) is 4.93. The van der Waals surface area contributed by atoms with Crippen LogP contribution in [0.2, 0.25) is 0 Å². The van der Waals surface area contributed by atoms with Crippen molar-refractivity contribution in [3.8, 4) is 0 Å². The molecule has 2 heterocycles. The van der Waals surface area contributed by atoms with Crippen LogP contribution in [-0.2, 0) is 11.3 Å². The highest BCUT2D eigenvalue weighted by Crippen LogP contribution is 2.26. The molecule has 0 saturated heterocycles. The van der Waals surface area contributed by atoms with E-state index < -0.39 is 19.1 Å². The monoisotopic (exact) mass is 405 g/mol. The summed E-state index contributed by atoms with van der Waals surface area (Å²) in [5, 5.41) is 35.3. The lowest BCUT2D eigenvalue weighted by atomic mass is 9.79. The molecule has 1 atom stereocenters. The lowest BCUT2D eigenvalue weighted by Crippen LogP contribution is -2.27. The third kappa shape index (κ3) is 4.13. The van der Waals surface area contributed by atoms with Crippen molar-refractivity contribution in [2.75, 3.05) is 17.2 Å². The van der Waals surface area contributed by atoms with Crippen molar-refractivity contribution in [2.24, 2.45) is 0 Å². The molecule has 0 amide bonds. The number of aliphatic hydroxyl groups is 1. The highest BCUT2D eigenvalue weighted by Gasteiger charge is 2.27. The molecule has 152 valence electrons. The average molecular weight is 405 g/mol. The summed E-state index contributed by atoms with van der Waals surface area (Å²) in [5.41, 5.74) is 3.50. The Balaban J connectivity index is 1.61. The molecule has 0 spiro atoms. The Hall–Kier alpha value is -3.40. The molecular weight excluding hydrogens is 385 g/mol. The van der Waals surface area contributed by atoms with Crippen molar-refractivity contribution in [2.45, 2.75) is 12.6 Å². The minimum atomic E-state index is -1.12. The molecule has 0 unspecified atom stereocenters. The van der Waals surface area contributed by atoms with Crippen LogP contribution < -0.4 is 16.1 Å². The van der Waals surface area contributed by atoms with E-state index in [0.29, 0.717) is 18.1 Å². The summed E-state index contributed by atoms with van der Waals surface area (Å²) >= 11 is 0. The van der Waals surface area contributed by atoms with Crippen LogP contribution in [0, 0.1) is 0 Å². The first-order chi connectivity index (χ1) is 14.5. The molecule has 30 heavy (non-hydrogen) atoms. The Morgan fingerprint density at radius 1 is 1.20 bits per heavy atom. The number of pyridine rings is 1. The Kier molecular flexibility index (Phi) is 5.67. The molecule has 0 fully saturated rings. The number of benzene rings is 2. The van der Waals surface area contributed by atoms with Crippen LogP contribution >= 0.6 is 0 Å². The summed E-state index contributed by atoms with van der Waals surface area (Å²) in [6.07, 6.45) is 1.27. The quantitative estimate of drug-likeness (QED) is 0.378. The normalized spacial score (nSPS) is 13.6. The predicted octanol–water partition coefficient (Wildman–Crippen LogP) is 1.89. The SMILES string of the molecule is O=C(O)c1cnc(Nc2ccc3c(c2)COB3O)cc1N[C@H](CO)c1ccccc1. The summed E-state index contributed by atoms with van der Waals surface area (Å²) in [4.78, 5) is 15.9. The van der Waals surface area contributed by atoms with Crippen molar-refractivity contribution in [1.82, 2.24) is 4.98 Å². The van der Waals surface area contributed by atoms with E-state index in [0.717, 1.165) is 22.3 Å². The van der Waals surface area contributed by atoms with E-state index in [1.54, 1.807) is 18.2 Å². The third-order valence-electron chi connectivity index (χ3n) is 4.93. The molecular formula is C21H20BN3O5. The maximum atomic E-state index is 11.7. The largest absolute Gasteiger partial charge is 0.491 e. The number of hydrogen-bond acceptors (Lipinski definition) is 7. The van der Waals surface area contributed by atoms with Crippen molar-refractivity contribution in [3.05, 3.63) is 77.5 Å². The van der Waals surface area contributed by atoms with Crippen LogP contribution in [0.1, 0.15) is 27.5 Å². The Morgan fingerprint density at radius 3 is 2.73 bits per heavy atom. The molecule has 9 heteroatoms. The van der Waals surface area contributed by atoms with Gasteiger partial charge in [0.25, 0.3) is 0 Å². The highest BCUT2D eigenvalue weighted by atomic mass is 16.5. The minimum absolute atomic E-state index is 0.000377. The van der Waals surface area contributed by atoms with Gasteiger partial charge in [-0.15, -0.1) is 0 Å². The summed E-state index contributed by atoms with van der Waals surface area (Å²) in [5.74, 6) is -0.684. The van der Waals surface area contributed by atoms with E-state index in [2.05, 4.69) is 15.6 Å². The number of nitrogens with zero attached hydrogens (tertiary/aromatic N) is 1. The average Bonchev–Trinajstić information content (AvgIpc) is 3.12. The number of aromatic nitrogens is 1. The van der Waals surface area contributed by atoms with Gasteiger partial charge in [0, 0.05) is 18.0 Å². The van der Waals surface area contributed by atoms with Gasteiger partial charge in [0.15, 0.2) is 0 Å². The van der Waals surface area contributed by atoms with Gasteiger partial charge in [0.05, 0.1) is 24.9 Å². The Morgan fingerprint density at radius 2 is 2.00 bits per heavy atom. The molecule has 8 nitrogen and oxygen atoms in total. The maximum Gasteiger partial charge on any atom is 0.491 e. The number of fused-ring (bicyclic) bond motifs is 1. The molecule has 0 aliphatic carbocycles. The second kappa shape index (κ2) is 8.54. The lowest BCUT2D eigenvalue weighted by Gasteiger charge is -2.20. The number of aliphatic hydroxyl groups excluding tert-OH is 1. The Labute approximate surface area is 173 Å². The van der Waals surface area contributed by atoms with Crippen molar-refractivity contribution in [1.29, 1.82) is 0 Å². The summed E-state index contributed by atoms with van der Waals surface area (Å²) in [6.45, 7) is 0.112. The van der Waals surface area contributed by atoms with E-state index in [4.69, 9.17) is 4.65 Å². The van der Waals surface area contributed by atoms with Crippen LogP contribution in [0.4, 0.5) is 17.2 Å². The van der Waals surface area contributed by atoms with Gasteiger partial charge in [0.1, 0.15) is 11.4 Å². The first-order valence-corrected chi connectivity index (χ1v) is 9.40. The molecule has 1 aromatic heterocycles. The van der Waals surface area contributed by atoms with Gasteiger partial charge in [-0.25, -0.2) is 9.78 Å². The number of hydrogen-bond donors (Lipinski definition) is 5. The molecule has 3 aromatic rings. The molecule has 0 bridgehead atoms. The fraction of sp³-hybridized carbons (Fsp3) is 0.143. The van der Waals surface area contributed by atoms with E-state index >= 15 is 0 Å². The smallest absolute Gasteiger partial charge is 0.478 e. The van der Waals surface area contributed by atoms with Gasteiger partial charge in [0.2, 0.25) is 0 Å². The van der Waals surface area contributed by atoms with Crippen LogP contribution in [0.3, 0.4) is 0 Å². The van der Waals surface area contributed by atoms with E-state index in [1.165, 1.54) is 6.20 Å². The van der Waals surface area contributed by atoms with Gasteiger partial charge in [-0.3, -0.25) is 0 Å². The minimum Gasteiger partial charge on any atom is -0.478 e. The molecule has 1 aliphatic heterocycles. The molecule has 5 N–H and O–H groups in total. The zero-order valence-electron chi connectivity index (χ0n) is 15.9. The summed E-state index contributed by atoms with van der Waals surface area (Å²) in [6, 6.07) is 15.8. The first-order valence-electron chi connectivity index (χ1n) is 9.40. The first kappa shape index (κ1) is 19.9. The van der Waals surface area contributed by atoms with Crippen molar-refractivity contribution >= 4 is 35.7 Å². The van der Waals surface area contributed by atoms with E-state index in [-0.39, 0.29) is 12.2 Å². The van der Waals surface area contributed by atoms with Gasteiger partial charge in [-0.1, -0.05) is 36.4 Å². The lowest BCUT2D eigenvalue weighted by molar-refractivity contribution is 0.0697. The van der Waals surface area contributed by atoms with Gasteiger partial charge in [-0.05, 0) is 28.7 Å². The zero-order valence-corrected chi connectivity index (χ0v) is 15.9. The number of aromatic carboxylic acids is 1. The maximum absolute atomic E-state index is 11.7. The molecule has 2 aromatic carbocycles. The fourth-order valence-corrected chi connectivity index (χ4v) is 3.38. The summed E-state index contributed by atoms with van der Waals surface area (Å²) in [7, 11) is -0.911. The van der Waals surface area contributed by atoms with Crippen molar-refractivity contribution < 1.29 is 24.7 Å². The number of carboxylic acids is 1. The van der Waals surface area contributed by atoms with Crippen molar-refractivity contribution in [3.63, 3.8) is 0 Å². The molecule has 4 rings (SSSR count). The topological polar surface area (TPSA) is 124 Å². The molecule has 0 radical (unpaired) electrons.